The Hall–Kier alpha value is 0.700. The van der Waals surface area contributed by atoms with Crippen LogP contribution in [0.2, 0.25) is 0 Å². The molecule has 1 heterocycles. The van der Waals surface area contributed by atoms with E-state index in [9.17, 15) is 0 Å². The number of hydrogen-bond donors (Lipinski definition) is 0. The monoisotopic (exact) mass is 232 g/mol. The highest BCUT2D eigenvalue weighted by Gasteiger charge is 2.13. The van der Waals surface area contributed by atoms with Crippen molar-refractivity contribution >= 4 is 21.6 Å². The van der Waals surface area contributed by atoms with Crippen molar-refractivity contribution in [2.24, 2.45) is 0 Å². The molecule has 0 aliphatic carbocycles. The standard InChI is InChI=1S/C12H24S2/c1-2-3-4-5-6-7-9-12-10-8-11-13-14-12/h12H,2-11H2,1H3. The Morgan fingerprint density at radius 1 is 1.07 bits per heavy atom. The highest BCUT2D eigenvalue weighted by atomic mass is 33.1. The van der Waals surface area contributed by atoms with Crippen LogP contribution in [0.1, 0.15) is 64.7 Å². The lowest BCUT2D eigenvalue weighted by Crippen LogP contribution is -2.05. The maximum atomic E-state index is 2.29. The minimum absolute atomic E-state index is 0.986. The molecule has 1 unspecified atom stereocenters. The molecule has 1 atom stereocenters. The summed E-state index contributed by atoms with van der Waals surface area (Å²) in [4.78, 5) is 0. The van der Waals surface area contributed by atoms with Crippen LogP contribution < -0.4 is 0 Å². The van der Waals surface area contributed by atoms with Crippen LogP contribution in [0.15, 0.2) is 0 Å². The summed E-state index contributed by atoms with van der Waals surface area (Å²) >= 11 is 0. The van der Waals surface area contributed by atoms with Crippen molar-refractivity contribution in [1.29, 1.82) is 0 Å². The maximum absolute atomic E-state index is 2.29. The van der Waals surface area contributed by atoms with Crippen LogP contribution in [0, 0.1) is 0 Å². The van der Waals surface area contributed by atoms with Crippen molar-refractivity contribution in [3.8, 4) is 0 Å². The first-order chi connectivity index (χ1) is 6.93. The quantitative estimate of drug-likeness (QED) is 0.432. The Kier molecular flexibility index (Phi) is 8.18. The molecule has 0 saturated carbocycles. The number of rotatable bonds is 7. The molecular weight excluding hydrogens is 208 g/mol. The van der Waals surface area contributed by atoms with Crippen LogP contribution in [-0.4, -0.2) is 11.0 Å². The van der Waals surface area contributed by atoms with E-state index in [1.165, 1.54) is 63.5 Å². The summed E-state index contributed by atoms with van der Waals surface area (Å²) in [6.07, 6.45) is 13.1. The highest BCUT2D eigenvalue weighted by Crippen LogP contribution is 2.38. The van der Waals surface area contributed by atoms with Gasteiger partial charge in [-0.25, -0.2) is 0 Å². The summed E-state index contributed by atoms with van der Waals surface area (Å²) in [5, 5.41) is 0.986. The van der Waals surface area contributed by atoms with Crippen molar-refractivity contribution in [2.75, 3.05) is 5.75 Å². The summed E-state index contributed by atoms with van der Waals surface area (Å²) in [5.41, 5.74) is 0. The van der Waals surface area contributed by atoms with Gasteiger partial charge in [0.25, 0.3) is 0 Å². The molecule has 0 aromatic heterocycles. The fourth-order valence-electron chi connectivity index (χ4n) is 1.91. The van der Waals surface area contributed by atoms with E-state index in [-0.39, 0.29) is 0 Å². The van der Waals surface area contributed by atoms with E-state index in [0.29, 0.717) is 0 Å². The second-order valence-electron chi connectivity index (χ2n) is 4.24. The van der Waals surface area contributed by atoms with Gasteiger partial charge in [-0.3, -0.25) is 0 Å². The van der Waals surface area contributed by atoms with E-state index in [0.717, 1.165) is 5.25 Å². The SMILES string of the molecule is CCCCCCCCC1CCCSS1. The third-order valence-corrected chi connectivity index (χ3v) is 5.90. The Balaban J connectivity index is 1.82. The highest BCUT2D eigenvalue weighted by molar-refractivity contribution is 8.77. The van der Waals surface area contributed by atoms with Gasteiger partial charge in [-0.2, -0.15) is 0 Å². The van der Waals surface area contributed by atoms with Crippen LogP contribution in [-0.2, 0) is 0 Å². The molecule has 0 aromatic carbocycles. The van der Waals surface area contributed by atoms with Crippen molar-refractivity contribution in [2.45, 2.75) is 70.0 Å². The van der Waals surface area contributed by atoms with Crippen LogP contribution >= 0.6 is 21.6 Å². The van der Waals surface area contributed by atoms with Gasteiger partial charge < -0.3 is 0 Å². The Morgan fingerprint density at radius 3 is 2.57 bits per heavy atom. The second kappa shape index (κ2) is 8.96. The van der Waals surface area contributed by atoms with E-state index in [2.05, 4.69) is 28.5 Å². The topological polar surface area (TPSA) is 0 Å². The first-order valence-electron chi connectivity index (χ1n) is 6.21. The zero-order chi connectivity index (χ0) is 10.1. The van der Waals surface area contributed by atoms with Gasteiger partial charge in [0.1, 0.15) is 0 Å². The third-order valence-electron chi connectivity index (χ3n) is 2.84. The molecule has 0 radical (unpaired) electrons. The first kappa shape index (κ1) is 12.8. The lowest BCUT2D eigenvalue weighted by Gasteiger charge is -2.19. The van der Waals surface area contributed by atoms with Crippen molar-refractivity contribution in [3.63, 3.8) is 0 Å². The molecule has 14 heavy (non-hydrogen) atoms. The zero-order valence-corrected chi connectivity index (χ0v) is 11.1. The van der Waals surface area contributed by atoms with Crippen molar-refractivity contribution in [1.82, 2.24) is 0 Å². The predicted molar refractivity (Wildman–Crippen MR) is 71.1 cm³/mol. The van der Waals surface area contributed by atoms with Gasteiger partial charge in [-0.05, 0) is 19.3 Å². The van der Waals surface area contributed by atoms with Gasteiger partial charge in [-0.1, -0.05) is 67.0 Å². The van der Waals surface area contributed by atoms with Gasteiger partial charge in [0.05, 0.1) is 0 Å². The normalized spacial score (nSPS) is 22.5. The van der Waals surface area contributed by atoms with Crippen LogP contribution in [0.25, 0.3) is 0 Å². The van der Waals surface area contributed by atoms with Gasteiger partial charge in [0.2, 0.25) is 0 Å². The minimum Gasteiger partial charge on any atom is -0.0939 e. The summed E-state index contributed by atoms with van der Waals surface area (Å²) in [7, 11) is 4.24. The second-order valence-corrected chi connectivity index (χ2v) is 7.03. The molecule has 0 bridgehead atoms. The van der Waals surface area contributed by atoms with Crippen molar-refractivity contribution < 1.29 is 0 Å². The van der Waals surface area contributed by atoms with Crippen molar-refractivity contribution in [3.05, 3.63) is 0 Å². The van der Waals surface area contributed by atoms with Crippen LogP contribution in [0.4, 0.5) is 0 Å². The fraction of sp³-hybridized carbons (Fsp3) is 1.00. The summed E-state index contributed by atoms with van der Waals surface area (Å²) in [6, 6.07) is 0. The lowest BCUT2D eigenvalue weighted by atomic mass is 10.1. The minimum atomic E-state index is 0.986. The van der Waals surface area contributed by atoms with Crippen LogP contribution in [0.3, 0.4) is 0 Å². The smallest absolute Gasteiger partial charge is 0.0151 e. The molecule has 0 nitrogen and oxygen atoms in total. The predicted octanol–water partition coefficient (Wildman–Crippen LogP) is 5.28. The van der Waals surface area contributed by atoms with Crippen LogP contribution in [0.5, 0.6) is 0 Å². The molecular formula is C12H24S2. The molecule has 84 valence electrons. The van der Waals surface area contributed by atoms with E-state index in [4.69, 9.17) is 0 Å². The lowest BCUT2D eigenvalue weighted by molar-refractivity contribution is 0.570. The molecule has 0 amide bonds. The average molecular weight is 232 g/mol. The van der Waals surface area contributed by atoms with E-state index < -0.39 is 0 Å². The molecule has 1 aliphatic rings. The van der Waals surface area contributed by atoms with Gasteiger partial charge >= 0.3 is 0 Å². The Labute approximate surface area is 97.4 Å². The summed E-state index contributed by atoms with van der Waals surface area (Å²) in [6.45, 7) is 2.29. The molecule has 0 aromatic rings. The van der Waals surface area contributed by atoms with Gasteiger partial charge in [0.15, 0.2) is 0 Å². The number of hydrogen-bond acceptors (Lipinski definition) is 2. The molecule has 0 spiro atoms. The Morgan fingerprint density at radius 2 is 1.86 bits per heavy atom. The van der Waals surface area contributed by atoms with E-state index in [1.54, 1.807) is 0 Å². The summed E-state index contributed by atoms with van der Waals surface area (Å²) in [5.74, 6) is 1.39. The molecule has 1 aliphatic heterocycles. The largest absolute Gasteiger partial charge is 0.0939 e. The molecule has 0 N–H and O–H groups in total. The first-order valence-corrected chi connectivity index (χ1v) is 8.60. The number of unbranched alkanes of at least 4 members (excludes halogenated alkanes) is 5. The maximum Gasteiger partial charge on any atom is 0.0151 e. The average Bonchev–Trinajstić information content (AvgIpc) is 2.25. The molecule has 2 heteroatoms. The fourth-order valence-corrected chi connectivity index (χ4v) is 4.80. The summed E-state index contributed by atoms with van der Waals surface area (Å²) < 4.78 is 0. The van der Waals surface area contributed by atoms with Gasteiger partial charge in [0, 0.05) is 11.0 Å². The Bertz CT molecular complexity index is 119. The molecule has 1 fully saturated rings. The zero-order valence-electron chi connectivity index (χ0n) is 9.46. The van der Waals surface area contributed by atoms with E-state index in [1.807, 2.05) is 0 Å². The van der Waals surface area contributed by atoms with Gasteiger partial charge in [-0.15, -0.1) is 0 Å². The third kappa shape index (κ3) is 6.23. The van der Waals surface area contributed by atoms with E-state index >= 15 is 0 Å². The molecule has 1 saturated heterocycles. The molecule has 1 rings (SSSR count).